The zero-order chi connectivity index (χ0) is 31.9. The molecule has 3 aromatic carbocycles. The fourth-order valence-corrected chi connectivity index (χ4v) is 6.07. The first kappa shape index (κ1) is 33.7. The number of aromatic amines is 1. The van der Waals surface area contributed by atoms with E-state index in [1.807, 2.05) is 48.5 Å². The summed E-state index contributed by atoms with van der Waals surface area (Å²) in [6.07, 6.45) is 3.71. The molecule has 47 heavy (non-hydrogen) atoms. The number of nitrogens with zero attached hydrogens (tertiary/aromatic N) is 4. The van der Waals surface area contributed by atoms with Crippen LogP contribution in [0.15, 0.2) is 72.8 Å². The molecule has 5 N–H and O–H groups in total. The van der Waals surface area contributed by atoms with E-state index in [1.54, 1.807) is 29.2 Å². The first-order valence-electron chi connectivity index (χ1n) is 15.7. The Morgan fingerprint density at radius 3 is 2.21 bits per heavy atom. The Morgan fingerprint density at radius 1 is 0.936 bits per heavy atom. The van der Waals surface area contributed by atoms with Crippen LogP contribution < -0.4 is 21.3 Å². The van der Waals surface area contributed by atoms with Gasteiger partial charge in [-0.15, -0.1) is 22.6 Å². The van der Waals surface area contributed by atoms with E-state index in [9.17, 15) is 14.4 Å². The van der Waals surface area contributed by atoms with E-state index in [4.69, 9.17) is 10.5 Å². The maximum atomic E-state index is 13.6. The molecule has 0 radical (unpaired) electrons. The van der Waals surface area contributed by atoms with Gasteiger partial charge >= 0.3 is 0 Å². The van der Waals surface area contributed by atoms with Crippen LogP contribution in [-0.4, -0.2) is 70.7 Å². The fraction of sp³-hybridized carbons (Fsp3) is 0.353. The topological polar surface area (TPSA) is 168 Å². The van der Waals surface area contributed by atoms with Crippen LogP contribution in [0.1, 0.15) is 31.2 Å². The standard InChI is InChI=1S/C34H38N8O4.ClH/c35-20-23-3-7-27(8-4-23)33(44)37-30(34(45)36-28-13-9-26(10-14-28)32-38-40-41-39-32)19-22-1-5-24(6-2-22)25-11-15-29(16-12-25)42-17-18-46-21-31(42)43;/h1-2,5-6,9-16,23,27,30H,3-4,7-8,17-21,35H2,(H,36,45)(H,37,44)(H,38,39,40,41);1H/t23?,27?,30-;/m0./s1. The number of nitrogens with one attached hydrogen (secondary N) is 3. The molecule has 3 amide bonds. The summed E-state index contributed by atoms with van der Waals surface area (Å²) < 4.78 is 5.24. The van der Waals surface area contributed by atoms with Crippen molar-refractivity contribution in [2.75, 3.05) is 36.5 Å². The highest BCUT2D eigenvalue weighted by molar-refractivity contribution is 5.98. The van der Waals surface area contributed by atoms with Crippen molar-refractivity contribution in [3.05, 3.63) is 78.4 Å². The van der Waals surface area contributed by atoms with Crippen LogP contribution in [0.4, 0.5) is 11.4 Å². The van der Waals surface area contributed by atoms with E-state index >= 15 is 0 Å². The highest BCUT2D eigenvalue weighted by Crippen LogP contribution is 2.29. The fourth-order valence-electron chi connectivity index (χ4n) is 6.07. The van der Waals surface area contributed by atoms with Crippen LogP contribution in [0.3, 0.4) is 0 Å². The van der Waals surface area contributed by atoms with E-state index in [1.165, 1.54) is 0 Å². The molecular weight excluding hydrogens is 620 g/mol. The van der Waals surface area contributed by atoms with E-state index in [0.717, 1.165) is 53.6 Å². The summed E-state index contributed by atoms with van der Waals surface area (Å²) in [4.78, 5) is 40.9. The van der Waals surface area contributed by atoms with Crippen LogP contribution in [0.5, 0.6) is 0 Å². The van der Waals surface area contributed by atoms with Crippen molar-refractivity contribution >= 4 is 41.5 Å². The van der Waals surface area contributed by atoms with E-state index in [0.29, 0.717) is 43.5 Å². The summed E-state index contributed by atoms with van der Waals surface area (Å²) in [7, 11) is 0. The number of H-pyrrole nitrogens is 1. The van der Waals surface area contributed by atoms with E-state index in [-0.39, 0.29) is 42.7 Å². The normalized spacial score (nSPS) is 18.6. The molecule has 2 aliphatic rings. The van der Waals surface area contributed by atoms with Crippen LogP contribution in [0, 0.1) is 11.8 Å². The number of anilines is 2. The second-order valence-electron chi connectivity index (χ2n) is 11.9. The third-order valence-electron chi connectivity index (χ3n) is 8.83. The highest BCUT2D eigenvalue weighted by Gasteiger charge is 2.29. The number of amides is 3. The van der Waals surface area contributed by atoms with Gasteiger partial charge in [-0.3, -0.25) is 14.4 Å². The molecule has 1 aliphatic carbocycles. The van der Waals surface area contributed by atoms with Crippen LogP contribution in [-0.2, 0) is 25.5 Å². The molecule has 1 aromatic heterocycles. The molecule has 1 atom stereocenters. The molecule has 1 saturated carbocycles. The lowest BCUT2D eigenvalue weighted by molar-refractivity contribution is -0.130. The quantitative estimate of drug-likeness (QED) is 0.200. The molecule has 2 heterocycles. The number of hydrogen-bond acceptors (Lipinski definition) is 8. The number of morpholine rings is 1. The predicted octanol–water partition coefficient (Wildman–Crippen LogP) is 3.75. The Hall–Kier alpha value is -4.65. The molecule has 246 valence electrons. The zero-order valence-electron chi connectivity index (χ0n) is 25.9. The van der Waals surface area contributed by atoms with Gasteiger partial charge in [-0.1, -0.05) is 36.4 Å². The van der Waals surface area contributed by atoms with E-state index < -0.39 is 6.04 Å². The number of tetrazole rings is 1. The van der Waals surface area contributed by atoms with Gasteiger partial charge in [0.2, 0.25) is 17.6 Å². The first-order chi connectivity index (χ1) is 22.5. The number of rotatable bonds is 10. The van der Waals surface area contributed by atoms with Gasteiger partial charge in [-0.05, 0) is 96.4 Å². The number of aromatic nitrogens is 4. The minimum absolute atomic E-state index is 0. The molecule has 0 spiro atoms. The summed E-state index contributed by atoms with van der Waals surface area (Å²) in [5.41, 5.74) is 11.0. The van der Waals surface area contributed by atoms with Gasteiger partial charge in [0.05, 0.1) is 6.61 Å². The Labute approximate surface area is 279 Å². The van der Waals surface area contributed by atoms with Crippen molar-refractivity contribution in [1.82, 2.24) is 25.9 Å². The highest BCUT2D eigenvalue weighted by atomic mass is 35.5. The maximum Gasteiger partial charge on any atom is 0.253 e. The number of hydrogen-bond donors (Lipinski definition) is 4. The van der Waals surface area contributed by atoms with Crippen molar-refractivity contribution in [3.63, 3.8) is 0 Å². The summed E-state index contributed by atoms with van der Waals surface area (Å²) >= 11 is 0. The molecule has 0 bridgehead atoms. The maximum absolute atomic E-state index is 13.6. The summed E-state index contributed by atoms with van der Waals surface area (Å²) in [5.74, 6) is 0.338. The number of carbonyl (C=O) groups excluding carboxylic acids is 3. The molecule has 6 rings (SSSR count). The summed E-state index contributed by atoms with van der Waals surface area (Å²) in [6, 6.07) is 22.2. The lowest BCUT2D eigenvalue weighted by Crippen LogP contribution is -2.48. The van der Waals surface area contributed by atoms with Gasteiger partial charge in [0.25, 0.3) is 5.91 Å². The van der Waals surface area contributed by atoms with Gasteiger partial charge < -0.3 is 26.0 Å². The average Bonchev–Trinajstić information content (AvgIpc) is 3.64. The van der Waals surface area contributed by atoms with Crippen LogP contribution in [0.2, 0.25) is 0 Å². The lowest BCUT2D eigenvalue weighted by atomic mass is 9.81. The van der Waals surface area contributed by atoms with Gasteiger partial charge in [0, 0.05) is 35.8 Å². The molecule has 4 aromatic rings. The number of benzene rings is 3. The van der Waals surface area contributed by atoms with Crippen molar-refractivity contribution in [1.29, 1.82) is 0 Å². The SMILES string of the molecule is Cl.NCC1CCC(C(=O)N[C@@H](Cc2ccc(-c3ccc(N4CCOCC4=O)cc3)cc2)C(=O)Nc2ccc(-c3nn[nH]n3)cc2)CC1. The Bertz CT molecular complexity index is 1620. The minimum Gasteiger partial charge on any atom is -0.370 e. The second-order valence-corrected chi connectivity index (χ2v) is 11.9. The van der Waals surface area contributed by atoms with Gasteiger partial charge in [-0.25, -0.2) is 0 Å². The minimum atomic E-state index is -0.771. The molecule has 13 heteroatoms. The van der Waals surface area contributed by atoms with Gasteiger partial charge in [0.1, 0.15) is 12.6 Å². The number of ether oxygens (including phenoxy) is 1. The Balaban J connectivity index is 0.00000433. The van der Waals surface area contributed by atoms with Crippen molar-refractivity contribution in [3.8, 4) is 22.5 Å². The summed E-state index contributed by atoms with van der Waals surface area (Å²) in [5, 5.41) is 20.0. The molecule has 0 unspecified atom stereocenters. The largest absolute Gasteiger partial charge is 0.370 e. The molecule has 1 saturated heterocycles. The molecule has 2 fully saturated rings. The molecule has 12 nitrogen and oxygen atoms in total. The second kappa shape index (κ2) is 15.8. The molecular formula is C34H39ClN8O4. The Morgan fingerprint density at radius 2 is 1.60 bits per heavy atom. The van der Waals surface area contributed by atoms with Crippen molar-refractivity contribution in [2.45, 2.75) is 38.1 Å². The zero-order valence-corrected chi connectivity index (χ0v) is 26.7. The monoisotopic (exact) mass is 658 g/mol. The third kappa shape index (κ3) is 8.39. The van der Waals surface area contributed by atoms with Gasteiger partial charge in [-0.2, -0.15) is 5.21 Å². The molecule has 1 aliphatic heterocycles. The van der Waals surface area contributed by atoms with Crippen LogP contribution >= 0.6 is 12.4 Å². The smallest absolute Gasteiger partial charge is 0.253 e. The lowest BCUT2D eigenvalue weighted by Gasteiger charge is -2.28. The van der Waals surface area contributed by atoms with Crippen molar-refractivity contribution < 1.29 is 19.1 Å². The number of nitrogens with two attached hydrogens (primary N) is 1. The van der Waals surface area contributed by atoms with Crippen LogP contribution in [0.25, 0.3) is 22.5 Å². The van der Waals surface area contributed by atoms with E-state index in [2.05, 4.69) is 31.3 Å². The predicted molar refractivity (Wildman–Crippen MR) is 181 cm³/mol. The number of carbonyl (C=O) groups is 3. The Kier molecular flexibility index (Phi) is 11.3. The van der Waals surface area contributed by atoms with Gasteiger partial charge in [0.15, 0.2) is 0 Å². The first-order valence-corrected chi connectivity index (χ1v) is 15.7. The average molecular weight is 659 g/mol. The third-order valence-corrected chi connectivity index (χ3v) is 8.83. The van der Waals surface area contributed by atoms with Crippen molar-refractivity contribution in [2.24, 2.45) is 17.6 Å². The summed E-state index contributed by atoms with van der Waals surface area (Å²) in [6.45, 7) is 1.81. The number of halogens is 1.